The van der Waals surface area contributed by atoms with Crippen molar-refractivity contribution in [2.75, 3.05) is 0 Å². The predicted octanol–water partition coefficient (Wildman–Crippen LogP) is 6.04. The molecule has 144 valence electrons. The van der Waals surface area contributed by atoms with E-state index in [0.29, 0.717) is 11.8 Å². The lowest BCUT2D eigenvalue weighted by molar-refractivity contribution is -0.695. The van der Waals surface area contributed by atoms with Gasteiger partial charge in [-0.05, 0) is 35.0 Å². The number of para-hydroxylation sites is 1. The van der Waals surface area contributed by atoms with Crippen molar-refractivity contribution < 1.29 is 4.57 Å². The molecule has 1 heterocycles. The van der Waals surface area contributed by atoms with Gasteiger partial charge in [-0.3, -0.25) is 0 Å². The van der Waals surface area contributed by atoms with Crippen molar-refractivity contribution in [3.63, 3.8) is 0 Å². The highest BCUT2D eigenvalue weighted by atomic mass is 15.1. The summed E-state index contributed by atoms with van der Waals surface area (Å²) < 4.78 is 4.64. The highest BCUT2D eigenvalue weighted by Crippen LogP contribution is 2.31. The molecule has 1 aromatic heterocycles. The lowest BCUT2D eigenvalue weighted by Gasteiger charge is -2.16. The summed E-state index contributed by atoms with van der Waals surface area (Å²) in [4.78, 5) is 0. The molecule has 2 heteroatoms. The van der Waals surface area contributed by atoms with Crippen LogP contribution in [0.1, 0.15) is 68.2 Å². The Labute approximate surface area is 169 Å². The van der Waals surface area contributed by atoms with Crippen LogP contribution in [0.2, 0.25) is 0 Å². The first kappa shape index (κ1) is 18.7. The number of hydrogen-bond donors (Lipinski definition) is 0. The van der Waals surface area contributed by atoms with Gasteiger partial charge in [-0.1, -0.05) is 76.2 Å². The summed E-state index contributed by atoms with van der Waals surface area (Å²) in [5.41, 5.74) is 8.59. The quantitative estimate of drug-likeness (QED) is 0.467. The molecule has 0 amide bonds. The summed E-state index contributed by atoms with van der Waals surface area (Å²) >= 11 is 0. The Balaban J connectivity index is 1.58. The highest BCUT2D eigenvalue weighted by molar-refractivity contribution is 5.72. The molecular weight excluding hydrogens is 340 g/mol. The third-order valence-electron chi connectivity index (χ3n) is 5.86. The summed E-state index contributed by atoms with van der Waals surface area (Å²) in [6, 6.07) is 15.6. The van der Waals surface area contributed by atoms with E-state index in [-0.39, 0.29) is 0 Å². The number of nitrogens with zero attached hydrogens (tertiary/aromatic N) is 2. The lowest BCUT2D eigenvalue weighted by atomic mass is 9.92. The smallest absolute Gasteiger partial charge is 0.236 e. The van der Waals surface area contributed by atoms with E-state index in [1.165, 1.54) is 33.5 Å². The van der Waals surface area contributed by atoms with Gasteiger partial charge in [0.15, 0.2) is 0 Å². The SMILES string of the molecule is CC(C)c1cccc(C(C)C)c1-n1cc[n+](CCC2=CCc3ccccc32)c1. The van der Waals surface area contributed by atoms with Gasteiger partial charge in [0.05, 0.1) is 6.54 Å². The maximum atomic E-state index is 2.40. The Morgan fingerprint density at radius 3 is 2.36 bits per heavy atom. The van der Waals surface area contributed by atoms with Crippen molar-refractivity contribution in [1.82, 2.24) is 4.57 Å². The topological polar surface area (TPSA) is 8.81 Å². The molecule has 2 nitrogen and oxygen atoms in total. The van der Waals surface area contributed by atoms with Gasteiger partial charge in [0.25, 0.3) is 0 Å². The van der Waals surface area contributed by atoms with Gasteiger partial charge in [0.1, 0.15) is 18.1 Å². The number of benzene rings is 2. The number of rotatable bonds is 6. The molecule has 0 N–H and O–H groups in total. The Morgan fingerprint density at radius 2 is 1.64 bits per heavy atom. The minimum absolute atomic E-state index is 0.504. The standard InChI is InChI=1S/C26H31N2/c1-19(2)23-10-7-11-24(20(3)4)26(23)28-17-16-27(18-28)15-14-22-13-12-21-8-5-6-9-25(21)22/h5-11,13,16-20H,12,14-15H2,1-4H3/q+1. The zero-order valence-corrected chi connectivity index (χ0v) is 17.5. The molecule has 0 fully saturated rings. The highest BCUT2D eigenvalue weighted by Gasteiger charge is 2.20. The molecular formula is C26H31N2+. The van der Waals surface area contributed by atoms with Crippen LogP contribution in [-0.2, 0) is 13.0 Å². The molecule has 0 atom stereocenters. The average molecular weight is 372 g/mol. The first-order chi connectivity index (χ1) is 13.5. The van der Waals surface area contributed by atoms with Crippen molar-refractivity contribution in [2.24, 2.45) is 0 Å². The third-order valence-corrected chi connectivity index (χ3v) is 5.86. The molecule has 2 aromatic carbocycles. The van der Waals surface area contributed by atoms with Gasteiger partial charge in [-0.2, -0.15) is 0 Å². The summed E-state index contributed by atoms with van der Waals surface area (Å²) in [5, 5.41) is 0. The summed E-state index contributed by atoms with van der Waals surface area (Å²) in [6.45, 7) is 10.1. The van der Waals surface area contributed by atoms with E-state index < -0.39 is 0 Å². The molecule has 0 saturated carbocycles. The molecule has 0 saturated heterocycles. The van der Waals surface area contributed by atoms with E-state index in [2.05, 4.69) is 104 Å². The first-order valence-electron chi connectivity index (χ1n) is 10.5. The van der Waals surface area contributed by atoms with Gasteiger partial charge in [-0.15, -0.1) is 0 Å². The normalized spacial score (nSPS) is 13.3. The minimum Gasteiger partial charge on any atom is -0.236 e. The zero-order chi connectivity index (χ0) is 19.7. The van der Waals surface area contributed by atoms with Crippen LogP contribution >= 0.6 is 0 Å². The van der Waals surface area contributed by atoms with E-state index in [9.17, 15) is 0 Å². The fourth-order valence-corrected chi connectivity index (χ4v) is 4.31. The van der Waals surface area contributed by atoms with E-state index >= 15 is 0 Å². The summed E-state index contributed by atoms with van der Waals surface area (Å²) in [7, 11) is 0. The number of fused-ring (bicyclic) bond motifs is 1. The van der Waals surface area contributed by atoms with E-state index in [1.807, 2.05) is 0 Å². The number of hydrogen-bond acceptors (Lipinski definition) is 0. The van der Waals surface area contributed by atoms with Gasteiger partial charge >= 0.3 is 0 Å². The van der Waals surface area contributed by atoms with Crippen molar-refractivity contribution in [3.8, 4) is 5.69 Å². The van der Waals surface area contributed by atoms with Gasteiger partial charge < -0.3 is 0 Å². The Kier molecular flexibility index (Phi) is 5.21. The van der Waals surface area contributed by atoms with Gasteiger partial charge in [0, 0.05) is 17.5 Å². The molecule has 3 aromatic rings. The van der Waals surface area contributed by atoms with E-state index in [1.54, 1.807) is 0 Å². The molecule has 28 heavy (non-hydrogen) atoms. The second-order valence-electron chi connectivity index (χ2n) is 8.49. The second-order valence-corrected chi connectivity index (χ2v) is 8.49. The molecule has 0 bridgehead atoms. The van der Waals surface area contributed by atoms with Gasteiger partial charge in [0.2, 0.25) is 6.33 Å². The van der Waals surface area contributed by atoms with Crippen LogP contribution in [0.25, 0.3) is 11.3 Å². The van der Waals surface area contributed by atoms with Crippen LogP contribution in [0.4, 0.5) is 0 Å². The molecule has 0 unspecified atom stereocenters. The fourth-order valence-electron chi connectivity index (χ4n) is 4.31. The summed E-state index contributed by atoms with van der Waals surface area (Å²) in [5.74, 6) is 1.01. The maximum Gasteiger partial charge on any atom is 0.249 e. The van der Waals surface area contributed by atoms with Crippen molar-refractivity contribution in [1.29, 1.82) is 0 Å². The molecule has 1 aliphatic rings. The van der Waals surface area contributed by atoms with Crippen LogP contribution < -0.4 is 4.57 Å². The van der Waals surface area contributed by atoms with Crippen molar-refractivity contribution >= 4 is 5.57 Å². The predicted molar refractivity (Wildman–Crippen MR) is 117 cm³/mol. The monoisotopic (exact) mass is 371 g/mol. The van der Waals surface area contributed by atoms with Crippen LogP contribution in [0, 0.1) is 0 Å². The van der Waals surface area contributed by atoms with Crippen molar-refractivity contribution in [2.45, 2.75) is 58.9 Å². The molecule has 0 aliphatic heterocycles. The fraction of sp³-hybridized carbons (Fsp3) is 0.346. The Hall–Kier alpha value is -2.61. The number of allylic oxidation sites excluding steroid dienone is 2. The van der Waals surface area contributed by atoms with Gasteiger partial charge in [-0.25, -0.2) is 9.13 Å². The Bertz CT molecular complexity index is 979. The number of aromatic nitrogens is 2. The lowest BCUT2D eigenvalue weighted by Crippen LogP contribution is -2.31. The van der Waals surface area contributed by atoms with Crippen LogP contribution in [0.5, 0.6) is 0 Å². The molecule has 1 aliphatic carbocycles. The minimum atomic E-state index is 0.504. The summed E-state index contributed by atoms with van der Waals surface area (Å²) in [6.07, 6.45) is 11.2. The molecule has 0 radical (unpaired) electrons. The second kappa shape index (κ2) is 7.79. The van der Waals surface area contributed by atoms with Crippen LogP contribution in [0.3, 0.4) is 0 Å². The third kappa shape index (κ3) is 3.56. The van der Waals surface area contributed by atoms with Crippen LogP contribution in [0.15, 0.2) is 67.3 Å². The van der Waals surface area contributed by atoms with Crippen LogP contribution in [-0.4, -0.2) is 4.57 Å². The zero-order valence-electron chi connectivity index (χ0n) is 17.5. The molecule has 4 rings (SSSR count). The number of aryl methyl sites for hydroxylation is 1. The first-order valence-corrected chi connectivity index (χ1v) is 10.5. The largest absolute Gasteiger partial charge is 0.249 e. The number of imidazole rings is 1. The Morgan fingerprint density at radius 1 is 0.929 bits per heavy atom. The molecule has 0 spiro atoms. The maximum absolute atomic E-state index is 2.40. The van der Waals surface area contributed by atoms with E-state index in [4.69, 9.17) is 0 Å². The van der Waals surface area contributed by atoms with Crippen molar-refractivity contribution in [3.05, 3.63) is 89.5 Å². The average Bonchev–Trinajstić information content (AvgIpc) is 3.32. The van der Waals surface area contributed by atoms with E-state index in [0.717, 1.165) is 19.4 Å².